The molecule has 0 saturated carbocycles. The lowest BCUT2D eigenvalue weighted by Gasteiger charge is -2.17. The van der Waals surface area contributed by atoms with Crippen LogP contribution in [-0.4, -0.2) is 23.5 Å². The van der Waals surface area contributed by atoms with Crippen molar-refractivity contribution in [2.24, 2.45) is 0 Å². The Bertz CT molecular complexity index is 457. The normalized spacial score (nSPS) is 13.8. The van der Waals surface area contributed by atoms with Gasteiger partial charge in [0.05, 0.1) is 13.0 Å². The van der Waals surface area contributed by atoms with Crippen molar-refractivity contribution >= 4 is 23.2 Å². The third-order valence-corrected chi connectivity index (χ3v) is 2.62. The van der Waals surface area contributed by atoms with Crippen LogP contribution in [0.2, 0.25) is 0 Å². The van der Waals surface area contributed by atoms with Crippen LogP contribution in [0.5, 0.6) is 0 Å². The smallest absolute Gasteiger partial charge is 0.226 e. The van der Waals surface area contributed by atoms with Gasteiger partial charge in [-0.2, -0.15) is 0 Å². The lowest BCUT2D eigenvalue weighted by atomic mass is 10.0. The number of aliphatic hydroxyl groups excluding tert-OH is 1. The Labute approximate surface area is 98.8 Å². The van der Waals surface area contributed by atoms with Crippen molar-refractivity contribution in [2.45, 2.75) is 19.3 Å². The average Bonchev–Trinajstić information content (AvgIpc) is 2.29. The molecule has 1 heterocycles. The molecule has 0 unspecified atom stereocenters. The molecule has 0 aromatic heterocycles. The molecule has 17 heavy (non-hydrogen) atoms. The number of fused-ring (bicyclic) bond motifs is 1. The van der Waals surface area contributed by atoms with Gasteiger partial charge in [0.25, 0.3) is 0 Å². The number of aryl methyl sites for hydroxylation is 1. The Morgan fingerprint density at radius 1 is 1.41 bits per heavy atom. The van der Waals surface area contributed by atoms with Gasteiger partial charge < -0.3 is 15.7 Å². The molecule has 0 fully saturated rings. The molecule has 0 radical (unpaired) electrons. The summed E-state index contributed by atoms with van der Waals surface area (Å²) < 4.78 is 0. The third-order valence-electron chi connectivity index (χ3n) is 2.62. The molecule has 1 aliphatic rings. The van der Waals surface area contributed by atoms with Crippen molar-refractivity contribution in [3.8, 4) is 0 Å². The number of carbonyl (C=O) groups is 2. The molecule has 0 spiro atoms. The highest BCUT2D eigenvalue weighted by atomic mass is 16.3. The van der Waals surface area contributed by atoms with E-state index in [1.165, 1.54) is 0 Å². The van der Waals surface area contributed by atoms with Crippen LogP contribution < -0.4 is 10.6 Å². The predicted molar refractivity (Wildman–Crippen MR) is 63.7 cm³/mol. The van der Waals surface area contributed by atoms with Gasteiger partial charge in [-0.15, -0.1) is 0 Å². The minimum absolute atomic E-state index is 0.0227. The van der Waals surface area contributed by atoms with E-state index in [9.17, 15) is 9.59 Å². The van der Waals surface area contributed by atoms with Crippen molar-refractivity contribution in [1.82, 2.24) is 0 Å². The van der Waals surface area contributed by atoms with Gasteiger partial charge in [0.2, 0.25) is 11.8 Å². The summed E-state index contributed by atoms with van der Waals surface area (Å²) in [6.45, 7) is -0.160. The van der Waals surface area contributed by atoms with Crippen molar-refractivity contribution in [1.29, 1.82) is 0 Å². The first-order chi connectivity index (χ1) is 8.19. The Morgan fingerprint density at radius 3 is 3.00 bits per heavy atom. The quantitative estimate of drug-likeness (QED) is 0.726. The Morgan fingerprint density at radius 2 is 2.24 bits per heavy atom. The number of carbonyl (C=O) groups excluding carboxylic acids is 2. The predicted octanol–water partition coefficient (Wildman–Crippen LogP) is 0.892. The average molecular weight is 234 g/mol. The monoisotopic (exact) mass is 234 g/mol. The number of hydrogen-bond acceptors (Lipinski definition) is 3. The van der Waals surface area contributed by atoms with Gasteiger partial charge in [-0.3, -0.25) is 9.59 Å². The first-order valence-electron chi connectivity index (χ1n) is 5.52. The molecule has 90 valence electrons. The van der Waals surface area contributed by atoms with Gasteiger partial charge in [-0.05, 0) is 30.2 Å². The van der Waals surface area contributed by atoms with Crippen LogP contribution in [0.4, 0.5) is 11.4 Å². The summed E-state index contributed by atoms with van der Waals surface area (Å²) in [7, 11) is 0. The summed E-state index contributed by atoms with van der Waals surface area (Å²) in [5.74, 6) is -0.193. The highest BCUT2D eigenvalue weighted by molar-refractivity contribution is 5.95. The van der Waals surface area contributed by atoms with Crippen LogP contribution in [0.3, 0.4) is 0 Å². The fourth-order valence-electron chi connectivity index (χ4n) is 1.79. The molecular formula is C12H14N2O3. The molecule has 0 saturated heterocycles. The van der Waals surface area contributed by atoms with Crippen molar-refractivity contribution in [3.05, 3.63) is 23.8 Å². The van der Waals surface area contributed by atoms with E-state index in [-0.39, 0.29) is 24.8 Å². The molecule has 0 aliphatic carbocycles. The lowest BCUT2D eigenvalue weighted by molar-refractivity contribution is -0.117. The third kappa shape index (κ3) is 2.82. The van der Waals surface area contributed by atoms with Gasteiger partial charge in [-0.25, -0.2) is 0 Å². The number of amides is 2. The fourth-order valence-corrected chi connectivity index (χ4v) is 1.79. The summed E-state index contributed by atoms with van der Waals surface area (Å²) in [6, 6.07) is 5.37. The van der Waals surface area contributed by atoms with Gasteiger partial charge >= 0.3 is 0 Å². The van der Waals surface area contributed by atoms with Gasteiger partial charge in [0.1, 0.15) is 0 Å². The second kappa shape index (κ2) is 4.97. The maximum absolute atomic E-state index is 11.3. The number of benzene rings is 1. The van der Waals surface area contributed by atoms with Gasteiger partial charge in [0.15, 0.2) is 0 Å². The van der Waals surface area contributed by atoms with E-state index >= 15 is 0 Å². The van der Waals surface area contributed by atoms with Crippen LogP contribution in [0.25, 0.3) is 0 Å². The van der Waals surface area contributed by atoms with Crippen LogP contribution in [-0.2, 0) is 16.0 Å². The minimum atomic E-state index is -0.215. The summed E-state index contributed by atoms with van der Waals surface area (Å²) in [5.41, 5.74) is 2.52. The van der Waals surface area contributed by atoms with Crippen LogP contribution >= 0.6 is 0 Å². The molecule has 2 amide bonds. The SMILES string of the molecule is O=C(CCO)Nc1ccc2c(c1)CCC(=O)N2. The zero-order valence-corrected chi connectivity index (χ0v) is 9.32. The minimum Gasteiger partial charge on any atom is -0.396 e. The topological polar surface area (TPSA) is 78.4 Å². The van der Waals surface area contributed by atoms with E-state index < -0.39 is 0 Å². The molecule has 0 bridgehead atoms. The Hall–Kier alpha value is -1.88. The molecule has 5 nitrogen and oxygen atoms in total. The maximum Gasteiger partial charge on any atom is 0.226 e. The Balaban J connectivity index is 2.11. The van der Waals surface area contributed by atoms with Crippen LogP contribution in [0.1, 0.15) is 18.4 Å². The van der Waals surface area contributed by atoms with Crippen LogP contribution in [0, 0.1) is 0 Å². The summed E-state index contributed by atoms with van der Waals surface area (Å²) in [5, 5.41) is 14.1. The first kappa shape index (κ1) is 11.6. The van der Waals surface area contributed by atoms with Crippen molar-refractivity contribution in [3.63, 3.8) is 0 Å². The lowest BCUT2D eigenvalue weighted by Crippen LogP contribution is -2.19. The van der Waals surface area contributed by atoms with Gasteiger partial charge in [-0.1, -0.05) is 0 Å². The number of aliphatic hydroxyl groups is 1. The largest absolute Gasteiger partial charge is 0.396 e. The molecule has 5 heteroatoms. The number of hydrogen-bond donors (Lipinski definition) is 3. The summed E-state index contributed by atoms with van der Waals surface area (Å²) in [6.07, 6.45) is 1.25. The molecule has 0 atom stereocenters. The van der Waals surface area contributed by atoms with E-state index in [1.54, 1.807) is 12.1 Å². The highest BCUT2D eigenvalue weighted by Crippen LogP contribution is 2.25. The van der Waals surface area contributed by atoms with E-state index in [4.69, 9.17) is 5.11 Å². The highest BCUT2D eigenvalue weighted by Gasteiger charge is 2.15. The maximum atomic E-state index is 11.3. The fraction of sp³-hybridized carbons (Fsp3) is 0.333. The van der Waals surface area contributed by atoms with Crippen LogP contribution in [0.15, 0.2) is 18.2 Å². The van der Waals surface area contributed by atoms with E-state index in [2.05, 4.69) is 10.6 Å². The number of rotatable bonds is 3. The number of anilines is 2. The zero-order chi connectivity index (χ0) is 12.3. The second-order valence-corrected chi connectivity index (χ2v) is 3.94. The summed E-state index contributed by atoms with van der Waals surface area (Å²) in [4.78, 5) is 22.5. The van der Waals surface area contributed by atoms with Gasteiger partial charge in [0, 0.05) is 17.8 Å². The summed E-state index contributed by atoms with van der Waals surface area (Å²) >= 11 is 0. The Kier molecular flexibility index (Phi) is 3.39. The molecule has 1 aromatic rings. The van der Waals surface area contributed by atoms with Crippen molar-refractivity contribution in [2.75, 3.05) is 17.2 Å². The van der Waals surface area contributed by atoms with E-state index in [0.29, 0.717) is 18.5 Å². The van der Waals surface area contributed by atoms with E-state index in [1.807, 2.05) is 6.07 Å². The molecule has 1 aliphatic heterocycles. The molecule has 1 aromatic carbocycles. The molecule has 2 rings (SSSR count). The zero-order valence-electron chi connectivity index (χ0n) is 9.32. The van der Waals surface area contributed by atoms with E-state index in [0.717, 1.165) is 11.3 Å². The standard InChI is InChI=1S/C12H14N2O3/c15-6-5-12(17)13-9-2-3-10-8(7-9)1-4-11(16)14-10/h2-3,7,15H,1,4-6H2,(H,13,17)(H,14,16). The second-order valence-electron chi connectivity index (χ2n) is 3.94. The van der Waals surface area contributed by atoms with Crippen molar-refractivity contribution < 1.29 is 14.7 Å². The first-order valence-corrected chi connectivity index (χ1v) is 5.52. The number of nitrogens with one attached hydrogen (secondary N) is 2. The molecule has 3 N–H and O–H groups in total. The molecular weight excluding hydrogens is 220 g/mol.